The van der Waals surface area contributed by atoms with Crippen molar-refractivity contribution in [1.29, 1.82) is 0 Å². The van der Waals surface area contributed by atoms with Crippen molar-refractivity contribution in [3.05, 3.63) is 106 Å². The summed E-state index contributed by atoms with van der Waals surface area (Å²) < 4.78 is 30.5. The van der Waals surface area contributed by atoms with Crippen LogP contribution < -0.4 is 0 Å². The molecular weight excluding hydrogens is 528 g/mol. The first-order valence-corrected chi connectivity index (χ1v) is 14.4. The van der Waals surface area contributed by atoms with Crippen LogP contribution in [-0.4, -0.2) is 48.3 Å². The Hall–Kier alpha value is -3.16. The van der Waals surface area contributed by atoms with Crippen molar-refractivity contribution in [1.82, 2.24) is 5.01 Å². The normalized spacial score (nSPS) is 16.2. The molecule has 10 heteroatoms. The van der Waals surface area contributed by atoms with Crippen LogP contribution in [0.1, 0.15) is 29.9 Å². The number of hydrogen-bond donors (Lipinski definition) is 1. The van der Waals surface area contributed by atoms with Crippen LogP contribution in [0.15, 0.2) is 93.3 Å². The Morgan fingerprint density at radius 3 is 2.46 bits per heavy atom. The summed E-state index contributed by atoms with van der Waals surface area (Å²) in [6.45, 7) is 7.54. The van der Waals surface area contributed by atoms with Gasteiger partial charge < -0.3 is 5.11 Å². The van der Waals surface area contributed by atoms with Gasteiger partial charge in [0.15, 0.2) is 10.9 Å². The highest BCUT2D eigenvalue weighted by Gasteiger charge is 2.29. The molecule has 0 radical (unpaired) electrons. The molecule has 0 bridgehead atoms. The molecule has 1 aliphatic heterocycles. The maximum atomic E-state index is 13.2. The molecule has 37 heavy (non-hydrogen) atoms. The van der Waals surface area contributed by atoms with Gasteiger partial charge in [0.2, 0.25) is 0 Å². The second kappa shape index (κ2) is 12.4. The average molecular weight is 553 g/mol. The standard InChI is InChI=1S/C27H25ClN4O3S2/c1-29-23-12-14-24(15-13-23)37(34,35)31-27(36-19-5-18-33)32-17-16-25(20-6-3-2-4-7-20)26(30-32)21-8-10-22(28)11-9-21/h2-4,6-15,25,33H,5,16-19H2/b31-27-. The monoisotopic (exact) mass is 552 g/mol. The van der Waals surface area contributed by atoms with E-state index in [1.165, 1.54) is 36.0 Å². The van der Waals surface area contributed by atoms with Gasteiger partial charge in [0.05, 0.1) is 17.2 Å². The molecule has 0 aliphatic carbocycles. The van der Waals surface area contributed by atoms with Crippen molar-refractivity contribution < 1.29 is 13.5 Å². The quantitative estimate of drug-likeness (QED) is 0.169. The number of rotatable bonds is 7. The van der Waals surface area contributed by atoms with Crippen LogP contribution in [0.5, 0.6) is 0 Å². The Kier molecular flexibility index (Phi) is 9.00. The lowest BCUT2D eigenvalue weighted by atomic mass is 9.86. The fraction of sp³-hybridized carbons (Fsp3) is 0.222. The van der Waals surface area contributed by atoms with Crippen molar-refractivity contribution in [2.24, 2.45) is 9.50 Å². The minimum atomic E-state index is -4.05. The highest BCUT2D eigenvalue weighted by Crippen LogP contribution is 2.32. The summed E-state index contributed by atoms with van der Waals surface area (Å²) in [5.74, 6) is 0.492. The summed E-state index contributed by atoms with van der Waals surface area (Å²) in [7, 11) is -4.05. The molecule has 7 nitrogen and oxygen atoms in total. The zero-order valence-electron chi connectivity index (χ0n) is 19.9. The molecule has 3 aromatic rings. The van der Waals surface area contributed by atoms with E-state index in [0.29, 0.717) is 35.8 Å². The molecule has 190 valence electrons. The lowest BCUT2D eigenvalue weighted by molar-refractivity contribution is 0.296. The van der Waals surface area contributed by atoms with E-state index in [0.717, 1.165) is 16.8 Å². The van der Waals surface area contributed by atoms with E-state index in [1.807, 2.05) is 42.5 Å². The Morgan fingerprint density at radius 2 is 1.81 bits per heavy atom. The van der Waals surface area contributed by atoms with E-state index in [-0.39, 0.29) is 22.6 Å². The Morgan fingerprint density at radius 1 is 1.11 bits per heavy atom. The van der Waals surface area contributed by atoms with Crippen LogP contribution in [0.3, 0.4) is 0 Å². The number of nitrogens with zero attached hydrogens (tertiary/aromatic N) is 4. The van der Waals surface area contributed by atoms with Gasteiger partial charge in [-0.1, -0.05) is 90.1 Å². The van der Waals surface area contributed by atoms with Crippen LogP contribution in [-0.2, 0) is 10.0 Å². The largest absolute Gasteiger partial charge is 0.396 e. The fourth-order valence-corrected chi connectivity index (χ4v) is 6.14. The zero-order chi connectivity index (χ0) is 26.3. The second-order valence-electron chi connectivity index (χ2n) is 8.25. The summed E-state index contributed by atoms with van der Waals surface area (Å²) >= 11 is 7.37. The molecule has 0 spiro atoms. The van der Waals surface area contributed by atoms with Gasteiger partial charge in [-0.2, -0.15) is 13.5 Å². The van der Waals surface area contributed by atoms with Crippen molar-refractivity contribution in [3.63, 3.8) is 0 Å². The third-order valence-corrected chi connectivity index (χ3v) is 8.45. The van der Waals surface area contributed by atoms with Gasteiger partial charge in [-0.05, 0) is 36.1 Å². The van der Waals surface area contributed by atoms with Crippen molar-refractivity contribution in [2.75, 3.05) is 18.9 Å². The van der Waals surface area contributed by atoms with Gasteiger partial charge in [0.1, 0.15) is 0 Å². The van der Waals surface area contributed by atoms with Crippen molar-refractivity contribution in [2.45, 2.75) is 23.7 Å². The molecule has 3 aromatic carbocycles. The predicted molar refractivity (Wildman–Crippen MR) is 150 cm³/mol. The first-order valence-electron chi connectivity index (χ1n) is 11.6. The van der Waals surface area contributed by atoms with Crippen LogP contribution >= 0.6 is 23.4 Å². The lowest BCUT2D eigenvalue weighted by Crippen LogP contribution is -2.35. The molecule has 1 atom stereocenters. The summed E-state index contributed by atoms with van der Waals surface area (Å²) in [5.41, 5.74) is 3.15. The molecule has 4 rings (SSSR count). The van der Waals surface area contributed by atoms with Gasteiger partial charge in [-0.25, -0.2) is 9.85 Å². The number of halogens is 1. The Balaban J connectivity index is 1.76. The number of sulfonamides is 1. The first kappa shape index (κ1) is 26.9. The Bertz CT molecular complexity index is 1420. The number of hydrazone groups is 1. The molecule has 1 N–H and O–H groups in total. The summed E-state index contributed by atoms with van der Waals surface area (Å²) in [6.07, 6.45) is 1.18. The van der Waals surface area contributed by atoms with Gasteiger partial charge >= 0.3 is 0 Å². The van der Waals surface area contributed by atoms with Gasteiger partial charge in [-0.15, -0.1) is 4.40 Å². The second-order valence-corrected chi connectivity index (χ2v) is 11.4. The van der Waals surface area contributed by atoms with Crippen molar-refractivity contribution in [3.8, 4) is 0 Å². The van der Waals surface area contributed by atoms with E-state index in [2.05, 4.69) is 21.4 Å². The molecule has 0 fully saturated rings. The molecule has 0 saturated heterocycles. The van der Waals surface area contributed by atoms with E-state index >= 15 is 0 Å². The molecule has 0 amide bonds. The zero-order valence-corrected chi connectivity index (χ0v) is 22.3. The third-order valence-electron chi connectivity index (χ3n) is 5.75. The third kappa shape index (κ3) is 6.79. The molecular formula is C27H25ClN4O3S2. The smallest absolute Gasteiger partial charge is 0.284 e. The average Bonchev–Trinajstić information content (AvgIpc) is 2.93. The van der Waals surface area contributed by atoms with Gasteiger partial charge in [0, 0.05) is 29.8 Å². The minimum Gasteiger partial charge on any atom is -0.396 e. The highest BCUT2D eigenvalue weighted by molar-refractivity contribution is 8.14. The SMILES string of the molecule is [C-]#[N+]c1ccc(S(=O)(=O)/N=C(\SCCCO)N2CCC(c3ccccc3)C(c3ccc(Cl)cc3)=N2)cc1. The summed E-state index contributed by atoms with van der Waals surface area (Å²) in [4.78, 5) is 3.31. The van der Waals surface area contributed by atoms with Crippen LogP contribution in [0, 0.1) is 6.57 Å². The van der Waals surface area contributed by atoms with Gasteiger partial charge in [0.25, 0.3) is 10.0 Å². The fourth-order valence-electron chi connectivity index (χ4n) is 3.89. The van der Waals surface area contributed by atoms with Crippen LogP contribution in [0.2, 0.25) is 5.02 Å². The summed E-state index contributed by atoms with van der Waals surface area (Å²) in [5, 5.41) is 16.7. The van der Waals surface area contributed by atoms with E-state index in [1.54, 1.807) is 5.01 Å². The number of aliphatic hydroxyl groups excluding tert-OH is 1. The van der Waals surface area contributed by atoms with Gasteiger partial charge in [-0.3, -0.25) is 0 Å². The number of thioether (sulfide) groups is 1. The van der Waals surface area contributed by atoms with Crippen LogP contribution in [0.4, 0.5) is 5.69 Å². The maximum Gasteiger partial charge on any atom is 0.284 e. The first-order chi connectivity index (χ1) is 17.9. The lowest BCUT2D eigenvalue weighted by Gasteiger charge is -2.31. The molecule has 0 saturated carbocycles. The Labute approximate surface area is 226 Å². The number of benzene rings is 3. The predicted octanol–water partition coefficient (Wildman–Crippen LogP) is 5.94. The number of amidine groups is 1. The topological polar surface area (TPSA) is 86.7 Å². The number of aliphatic hydroxyl groups is 1. The van der Waals surface area contributed by atoms with E-state index < -0.39 is 10.0 Å². The maximum absolute atomic E-state index is 13.2. The van der Waals surface area contributed by atoms with Crippen LogP contribution in [0.25, 0.3) is 4.85 Å². The molecule has 1 unspecified atom stereocenters. The molecule has 0 aromatic heterocycles. The molecule has 1 aliphatic rings. The summed E-state index contributed by atoms with van der Waals surface area (Å²) in [6, 6.07) is 23.2. The minimum absolute atomic E-state index is 0.00114. The van der Waals surface area contributed by atoms with E-state index in [9.17, 15) is 13.5 Å². The molecule has 1 heterocycles. The number of hydrogen-bond acceptors (Lipinski definition) is 5. The highest BCUT2D eigenvalue weighted by atomic mass is 35.5. The van der Waals surface area contributed by atoms with Crippen molar-refractivity contribution >= 4 is 50.0 Å². The van der Waals surface area contributed by atoms with E-state index in [4.69, 9.17) is 23.3 Å².